The van der Waals surface area contributed by atoms with Crippen LogP contribution in [-0.2, 0) is 4.79 Å². The SMILES string of the molecule is CCCN(CCCN(C)C)C(=O)CC. The summed E-state index contributed by atoms with van der Waals surface area (Å²) in [6.07, 6.45) is 2.74. The van der Waals surface area contributed by atoms with Gasteiger partial charge in [0.15, 0.2) is 0 Å². The highest BCUT2D eigenvalue weighted by Gasteiger charge is 2.09. The van der Waals surface area contributed by atoms with E-state index in [1.165, 1.54) is 0 Å². The van der Waals surface area contributed by atoms with Gasteiger partial charge in [0.2, 0.25) is 5.91 Å². The number of hydrogen-bond donors (Lipinski definition) is 0. The second-order valence-corrected chi connectivity index (χ2v) is 3.89. The van der Waals surface area contributed by atoms with E-state index in [1.54, 1.807) is 0 Å². The third-order valence-corrected chi connectivity index (χ3v) is 2.18. The molecule has 0 bridgehead atoms. The summed E-state index contributed by atoms with van der Waals surface area (Å²) in [5.74, 6) is 0.283. The Hall–Kier alpha value is -0.570. The number of carbonyl (C=O) groups excluding carboxylic acids is 1. The van der Waals surface area contributed by atoms with E-state index >= 15 is 0 Å². The molecule has 0 saturated heterocycles. The zero-order chi connectivity index (χ0) is 11.0. The van der Waals surface area contributed by atoms with Crippen molar-refractivity contribution >= 4 is 5.91 Å². The van der Waals surface area contributed by atoms with Gasteiger partial charge < -0.3 is 9.80 Å². The predicted molar refractivity (Wildman–Crippen MR) is 60.3 cm³/mol. The number of hydrogen-bond acceptors (Lipinski definition) is 2. The average molecular weight is 200 g/mol. The summed E-state index contributed by atoms with van der Waals surface area (Å²) in [6.45, 7) is 6.90. The molecule has 0 aliphatic heterocycles. The van der Waals surface area contributed by atoms with Crippen LogP contribution in [0, 0.1) is 0 Å². The lowest BCUT2D eigenvalue weighted by Gasteiger charge is -2.22. The fraction of sp³-hybridized carbons (Fsp3) is 0.909. The minimum absolute atomic E-state index is 0.283. The van der Waals surface area contributed by atoms with Gasteiger partial charge in [-0.05, 0) is 33.5 Å². The molecule has 0 fully saturated rings. The molecule has 0 aliphatic rings. The van der Waals surface area contributed by atoms with E-state index in [4.69, 9.17) is 0 Å². The molecule has 0 heterocycles. The summed E-state index contributed by atoms with van der Waals surface area (Å²) in [6, 6.07) is 0. The highest BCUT2D eigenvalue weighted by molar-refractivity contribution is 5.75. The summed E-state index contributed by atoms with van der Waals surface area (Å²) in [7, 11) is 4.12. The summed E-state index contributed by atoms with van der Waals surface area (Å²) < 4.78 is 0. The van der Waals surface area contributed by atoms with Crippen molar-refractivity contribution in [2.24, 2.45) is 0 Å². The van der Waals surface area contributed by atoms with Gasteiger partial charge in [-0.1, -0.05) is 13.8 Å². The van der Waals surface area contributed by atoms with Gasteiger partial charge in [-0.15, -0.1) is 0 Å². The number of amides is 1. The summed E-state index contributed by atoms with van der Waals surface area (Å²) in [4.78, 5) is 15.6. The Bertz CT molecular complexity index is 157. The van der Waals surface area contributed by atoms with Gasteiger partial charge in [0.05, 0.1) is 0 Å². The van der Waals surface area contributed by atoms with Gasteiger partial charge in [-0.3, -0.25) is 4.79 Å². The fourth-order valence-electron chi connectivity index (χ4n) is 1.43. The van der Waals surface area contributed by atoms with Crippen LogP contribution in [0.3, 0.4) is 0 Å². The topological polar surface area (TPSA) is 23.6 Å². The molecule has 0 aromatic carbocycles. The molecule has 1 amide bonds. The molecule has 0 atom stereocenters. The normalized spacial score (nSPS) is 10.6. The fourth-order valence-corrected chi connectivity index (χ4v) is 1.43. The molecule has 3 nitrogen and oxygen atoms in total. The summed E-state index contributed by atoms with van der Waals surface area (Å²) >= 11 is 0. The molecular weight excluding hydrogens is 176 g/mol. The van der Waals surface area contributed by atoms with Gasteiger partial charge in [-0.2, -0.15) is 0 Å². The zero-order valence-electron chi connectivity index (χ0n) is 10.0. The van der Waals surface area contributed by atoms with Crippen molar-refractivity contribution < 1.29 is 4.79 Å². The Morgan fingerprint density at radius 2 is 1.71 bits per heavy atom. The first kappa shape index (κ1) is 13.4. The number of rotatable bonds is 7. The van der Waals surface area contributed by atoms with Crippen LogP contribution >= 0.6 is 0 Å². The molecule has 0 radical (unpaired) electrons. The first-order valence-electron chi connectivity index (χ1n) is 5.54. The van der Waals surface area contributed by atoms with E-state index < -0.39 is 0 Å². The lowest BCUT2D eigenvalue weighted by molar-refractivity contribution is -0.131. The zero-order valence-corrected chi connectivity index (χ0v) is 10.0. The molecule has 0 spiro atoms. The Kier molecular flexibility index (Phi) is 7.48. The maximum absolute atomic E-state index is 11.5. The lowest BCUT2D eigenvalue weighted by Crippen LogP contribution is -2.33. The predicted octanol–water partition coefficient (Wildman–Crippen LogP) is 1.59. The van der Waals surface area contributed by atoms with Crippen LogP contribution in [0.4, 0.5) is 0 Å². The third-order valence-electron chi connectivity index (χ3n) is 2.18. The van der Waals surface area contributed by atoms with Crippen molar-refractivity contribution in [3.05, 3.63) is 0 Å². The van der Waals surface area contributed by atoms with Crippen LogP contribution in [0.15, 0.2) is 0 Å². The molecule has 0 N–H and O–H groups in total. The van der Waals surface area contributed by atoms with E-state index in [1.807, 2.05) is 11.8 Å². The van der Waals surface area contributed by atoms with Crippen molar-refractivity contribution in [1.82, 2.24) is 9.80 Å². The van der Waals surface area contributed by atoms with Crippen molar-refractivity contribution in [1.29, 1.82) is 0 Å². The van der Waals surface area contributed by atoms with E-state index in [-0.39, 0.29) is 5.91 Å². The van der Waals surface area contributed by atoms with Crippen LogP contribution in [-0.4, -0.2) is 49.4 Å². The molecule has 0 saturated carbocycles. The summed E-state index contributed by atoms with van der Waals surface area (Å²) in [5, 5.41) is 0. The Balaban J connectivity index is 3.78. The highest BCUT2D eigenvalue weighted by Crippen LogP contribution is 1.98. The Morgan fingerprint density at radius 1 is 1.07 bits per heavy atom. The van der Waals surface area contributed by atoms with E-state index in [2.05, 4.69) is 25.9 Å². The van der Waals surface area contributed by atoms with E-state index in [9.17, 15) is 4.79 Å². The minimum Gasteiger partial charge on any atom is -0.343 e. The molecule has 14 heavy (non-hydrogen) atoms. The van der Waals surface area contributed by atoms with Gasteiger partial charge in [-0.25, -0.2) is 0 Å². The van der Waals surface area contributed by atoms with Crippen molar-refractivity contribution in [2.75, 3.05) is 33.7 Å². The van der Waals surface area contributed by atoms with Gasteiger partial charge in [0, 0.05) is 19.5 Å². The number of nitrogens with zero attached hydrogens (tertiary/aromatic N) is 2. The maximum Gasteiger partial charge on any atom is 0.222 e. The van der Waals surface area contributed by atoms with Crippen LogP contribution in [0.1, 0.15) is 33.1 Å². The molecule has 0 rings (SSSR count). The molecule has 0 aromatic heterocycles. The molecule has 0 aliphatic carbocycles. The molecule has 84 valence electrons. The average Bonchev–Trinajstić information content (AvgIpc) is 2.15. The molecule has 0 unspecified atom stereocenters. The van der Waals surface area contributed by atoms with Crippen molar-refractivity contribution in [3.8, 4) is 0 Å². The second-order valence-electron chi connectivity index (χ2n) is 3.89. The monoisotopic (exact) mass is 200 g/mol. The van der Waals surface area contributed by atoms with Crippen LogP contribution in [0.5, 0.6) is 0 Å². The second kappa shape index (κ2) is 7.80. The molecule has 0 aromatic rings. The van der Waals surface area contributed by atoms with E-state index in [0.717, 1.165) is 32.5 Å². The summed E-state index contributed by atoms with van der Waals surface area (Å²) in [5.41, 5.74) is 0. The Morgan fingerprint density at radius 3 is 2.14 bits per heavy atom. The Labute approximate surface area is 88.1 Å². The maximum atomic E-state index is 11.5. The minimum atomic E-state index is 0.283. The molecular formula is C11H24N2O. The van der Waals surface area contributed by atoms with Crippen molar-refractivity contribution in [3.63, 3.8) is 0 Å². The largest absolute Gasteiger partial charge is 0.343 e. The van der Waals surface area contributed by atoms with Gasteiger partial charge >= 0.3 is 0 Å². The van der Waals surface area contributed by atoms with Crippen LogP contribution in [0.2, 0.25) is 0 Å². The highest BCUT2D eigenvalue weighted by atomic mass is 16.2. The van der Waals surface area contributed by atoms with Crippen LogP contribution in [0.25, 0.3) is 0 Å². The van der Waals surface area contributed by atoms with Gasteiger partial charge in [0.1, 0.15) is 0 Å². The molecule has 3 heteroatoms. The number of carbonyl (C=O) groups is 1. The van der Waals surface area contributed by atoms with Crippen molar-refractivity contribution in [2.45, 2.75) is 33.1 Å². The quantitative estimate of drug-likeness (QED) is 0.623. The first-order valence-corrected chi connectivity index (χ1v) is 5.54. The lowest BCUT2D eigenvalue weighted by atomic mass is 10.3. The smallest absolute Gasteiger partial charge is 0.222 e. The third kappa shape index (κ3) is 5.97. The van der Waals surface area contributed by atoms with E-state index in [0.29, 0.717) is 6.42 Å². The standard InChI is InChI=1S/C11H24N2O/c1-5-8-13(11(14)6-2)10-7-9-12(3)4/h5-10H2,1-4H3. The first-order chi connectivity index (χ1) is 6.61. The van der Waals surface area contributed by atoms with Crippen LogP contribution < -0.4 is 0 Å². The van der Waals surface area contributed by atoms with Gasteiger partial charge in [0.25, 0.3) is 0 Å².